The van der Waals surface area contributed by atoms with Gasteiger partial charge in [0.25, 0.3) is 4.84 Å². The van der Waals surface area contributed by atoms with Gasteiger partial charge in [0.1, 0.15) is 5.75 Å². The summed E-state index contributed by atoms with van der Waals surface area (Å²) in [6, 6.07) is 11.5. The molecule has 0 saturated heterocycles. The molecule has 0 unspecified atom stereocenters. The van der Waals surface area contributed by atoms with Gasteiger partial charge in [-0.3, -0.25) is 4.90 Å². The number of aromatic nitrogens is 2. The molecule has 7 nitrogen and oxygen atoms in total. The van der Waals surface area contributed by atoms with Gasteiger partial charge in [-0.2, -0.15) is 0 Å². The van der Waals surface area contributed by atoms with Crippen LogP contribution in [0, 0.1) is 11.8 Å². The lowest BCUT2D eigenvalue weighted by atomic mass is 10.1. The van der Waals surface area contributed by atoms with E-state index in [1.807, 2.05) is 43.4 Å². The molecule has 8 heteroatoms. The first-order chi connectivity index (χ1) is 13.9. The molecule has 0 fully saturated rings. The number of rotatable bonds is 8. The molecule has 3 aromatic rings. The van der Waals surface area contributed by atoms with Gasteiger partial charge in [0.15, 0.2) is 11.5 Å². The van der Waals surface area contributed by atoms with Crippen molar-refractivity contribution in [3.63, 3.8) is 0 Å². The van der Waals surface area contributed by atoms with Crippen LogP contribution in [0.1, 0.15) is 11.1 Å². The minimum Gasteiger partial charge on any atom is -0.497 e. The van der Waals surface area contributed by atoms with E-state index in [1.165, 1.54) is 0 Å². The van der Waals surface area contributed by atoms with Gasteiger partial charge >= 0.3 is 0 Å². The predicted molar refractivity (Wildman–Crippen MR) is 113 cm³/mol. The fourth-order valence-corrected chi connectivity index (χ4v) is 3.19. The van der Waals surface area contributed by atoms with Gasteiger partial charge in [0.2, 0.25) is 5.89 Å². The molecule has 0 aliphatic carbocycles. The molecule has 0 N–H and O–H groups in total. The number of aryl methyl sites for hydroxylation is 1. The van der Waals surface area contributed by atoms with E-state index in [4.69, 9.17) is 30.8 Å². The number of hydrogen-bond donors (Lipinski definition) is 0. The molecular weight excluding hydrogens is 390 g/mol. The van der Waals surface area contributed by atoms with Crippen molar-refractivity contribution < 1.29 is 18.6 Å². The molecule has 29 heavy (non-hydrogen) atoms. The fourth-order valence-electron chi connectivity index (χ4n) is 3.01. The molecule has 0 atom stereocenters. The third-order valence-electron chi connectivity index (χ3n) is 4.60. The van der Waals surface area contributed by atoms with E-state index < -0.39 is 0 Å². The molecule has 0 aliphatic heterocycles. The first-order valence-electron chi connectivity index (χ1n) is 9.07. The zero-order valence-corrected chi connectivity index (χ0v) is 18.1. The maximum atomic E-state index is 5.68. The van der Waals surface area contributed by atoms with Crippen molar-refractivity contribution in [1.82, 2.24) is 14.7 Å². The third-order valence-corrected chi connectivity index (χ3v) is 4.90. The maximum absolute atomic E-state index is 5.68. The minimum absolute atomic E-state index is 0.326. The summed E-state index contributed by atoms with van der Waals surface area (Å²) in [5.41, 5.74) is 3.10. The maximum Gasteiger partial charge on any atom is 0.288 e. The zero-order chi connectivity index (χ0) is 21.0. The predicted octanol–water partition coefficient (Wildman–Crippen LogP) is 4.30. The Kier molecular flexibility index (Phi) is 6.56. The largest absolute Gasteiger partial charge is 0.497 e. The molecule has 0 amide bonds. The van der Waals surface area contributed by atoms with Gasteiger partial charge in [-0.25, -0.2) is 4.68 Å². The summed E-state index contributed by atoms with van der Waals surface area (Å²) in [5, 5.41) is 4.52. The molecule has 1 aromatic heterocycles. The average molecular weight is 416 g/mol. The second-order valence-electron chi connectivity index (χ2n) is 6.69. The summed E-state index contributed by atoms with van der Waals surface area (Å²) in [5.74, 6) is 2.69. The van der Waals surface area contributed by atoms with Crippen molar-refractivity contribution in [3.8, 4) is 28.7 Å². The molecule has 0 radical (unpaired) electrons. The smallest absolute Gasteiger partial charge is 0.288 e. The summed E-state index contributed by atoms with van der Waals surface area (Å²) in [7, 11) is 6.90. The lowest BCUT2D eigenvalue weighted by molar-refractivity contribution is 0.240. The number of ether oxygens (including phenoxy) is 3. The van der Waals surface area contributed by atoms with Gasteiger partial charge in [-0.15, -0.1) is 5.10 Å². The topological polar surface area (TPSA) is 61.9 Å². The SMILES string of the molecule is COc1ccc(-c2nn(CN(C)Cc3cc(OC)c(OC)cc3C)c(=S)o2)cc1. The number of hydrogen-bond acceptors (Lipinski definition) is 7. The van der Waals surface area contributed by atoms with Crippen LogP contribution in [0.3, 0.4) is 0 Å². The summed E-state index contributed by atoms with van der Waals surface area (Å²) in [6.07, 6.45) is 0. The standard InChI is InChI=1S/C21H25N3O4S/c1-14-10-18(26-4)19(27-5)11-16(14)12-23(2)13-24-21(29)28-20(22-24)15-6-8-17(25-3)9-7-15/h6-11H,12-13H2,1-5H3. The van der Waals surface area contributed by atoms with Crippen LogP contribution >= 0.6 is 12.2 Å². The van der Waals surface area contributed by atoms with Crippen LogP contribution in [0.5, 0.6) is 17.2 Å². The van der Waals surface area contributed by atoms with E-state index >= 15 is 0 Å². The normalized spacial score (nSPS) is 11.0. The average Bonchev–Trinajstić information content (AvgIpc) is 3.09. The van der Waals surface area contributed by atoms with Crippen LogP contribution in [-0.4, -0.2) is 43.1 Å². The van der Waals surface area contributed by atoms with E-state index in [2.05, 4.69) is 16.9 Å². The lowest BCUT2D eigenvalue weighted by Crippen LogP contribution is -2.23. The van der Waals surface area contributed by atoms with E-state index in [0.29, 0.717) is 29.7 Å². The fraction of sp³-hybridized carbons (Fsp3) is 0.333. The Morgan fingerprint density at radius 3 is 2.31 bits per heavy atom. The summed E-state index contributed by atoms with van der Waals surface area (Å²) >= 11 is 5.35. The molecular formula is C21H25N3O4S. The highest BCUT2D eigenvalue weighted by atomic mass is 32.1. The van der Waals surface area contributed by atoms with Gasteiger partial charge in [-0.05, 0) is 73.7 Å². The quantitative estimate of drug-likeness (QED) is 0.509. The van der Waals surface area contributed by atoms with Crippen LogP contribution in [0.4, 0.5) is 0 Å². The Bertz CT molecular complexity index is 1030. The molecule has 2 aromatic carbocycles. The van der Waals surface area contributed by atoms with Crippen molar-refractivity contribution in [3.05, 3.63) is 52.4 Å². The number of nitrogens with zero attached hydrogens (tertiary/aromatic N) is 3. The van der Waals surface area contributed by atoms with E-state index in [0.717, 1.165) is 28.2 Å². The highest BCUT2D eigenvalue weighted by Gasteiger charge is 2.13. The first kappa shape index (κ1) is 20.9. The Labute approximate surface area is 175 Å². The van der Waals surface area contributed by atoms with Gasteiger partial charge in [0.05, 0.1) is 28.0 Å². The Balaban J connectivity index is 1.75. The van der Waals surface area contributed by atoms with Crippen molar-refractivity contribution in [2.75, 3.05) is 28.4 Å². The second kappa shape index (κ2) is 9.11. The van der Waals surface area contributed by atoms with Crippen LogP contribution < -0.4 is 14.2 Å². The molecule has 154 valence electrons. The van der Waals surface area contributed by atoms with Crippen LogP contribution in [-0.2, 0) is 13.2 Å². The zero-order valence-electron chi connectivity index (χ0n) is 17.3. The first-order valence-corrected chi connectivity index (χ1v) is 9.48. The van der Waals surface area contributed by atoms with Gasteiger partial charge < -0.3 is 18.6 Å². The van der Waals surface area contributed by atoms with Crippen molar-refractivity contribution >= 4 is 12.2 Å². The molecule has 1 heterocycles. The van der Waals surface area contributed by atoms with Crippen molar-refractivity contribution in [2.45, 2.75) is 20.1 Å². The lowest BCUT2D eigenvalue weighted by Gasteiger charge is -2.19. The van der Waals surface area contributed by atoms with Crippen molar-refractivity contribution in [2.24, 2.45) is 0 Å². The van der Waals surface area contributed by atoms with Crippen LogP contribution in [0.15, 0.2) is 40.8 Å². The Hall–Kier alpha value is -2.84. The highest BCUT2D eigenvalue weighted by Crippen LogP contribution is 2.30. The van der Waals surface area contributed by atoms with Crippen LogP contribution in [0.2, 0.25) is 0 Å². The molecule has 3 rings (SSSR count). The second-order valence-corrected chi connectivity index (χ2v) is 7.04. The van der Waals surface area contributed by atoms with Crippen molar-refractivity contribution in [1.29, 1.82) is 0 Å². The third kappa shape index (κ3) is 4.78. The summed E-state index contributed by atoms with van der Waals surface area (Å²) in [6.45, 7) is 3.24. The van der Waals surface area contributed by atoms with E-state index in [1.54, 1.807) is 26.0 Å². The Morgan fingerprint density at radius 2 is 1.69 bits per heavy atom. The van der Waals surface area contributed by atoms with E-state index in [9.17, 15) is 0 Å². The summed E-state index contributed by atoms with van der Waals surface area (Å²) < 4.78 is 23.3. The summed E-state index contributed by atoms with van der Waals surface area (Å²) in [4.78, 5) is 2.43. The van der Waals surface area contributed by atoms with Gasteiger partial charge in [-0.1, -0.05) is 0 Å². The molecule has 0 bridgehead atoms. The van der Waals surface area contributed by atoms with Crippen LogP contribution in [0.25, 0.3) is 11.5 Å². The highest BCUT2D eigenvalue weighted by molar-refractivity contribution is 7.71. The van der Waals surface area contributed by atoms with Gasteiger partial charge in [0, 0.05) is 12.1 Å². The molecule has 0 saturated carbocycles. The molecule has 0 aliphatic rings. The number of benzene rings is 2. The number of methoxy groups -OCH3 is 3. The molecule has 0 spiro atoms. The monoisotopic (exact) mass is 415 g/mol. The Morgan fingerprint density at radius 1 is 1.03 bits per heavy atom. The van der Waals surface area contributed by atoms with E-state index in [-0.39, 0.29) is 0 Å². The minimum atomic E-state index is 0.326.